The monoisotopic (exact) mass is 274 g/mol. The third-order valence-electron chi connectivity index (χ3n) is 4.44. The normalized spacial score (nSPS) is 29.5. The molecule has 0 bridgehead atoms. The fourth-order valence-electron chi connectivity index (χ4n) is 3.25. The highest BCUT2D eigenvalue weighted by Crippen LogP contribution is 2.65. The Bertz CT molecular complexity index is 535. The summed E-state index contributed by atoms with van der Waals surface area (Å²) >= 11 is 0. The zero-order chi connectivity index (χ0) is 14.3. The van der Waals surface area contributed by atoms with Gasteiger partial charge < -0.3 is 9.47 Å². The number of fused-ring (bicyclic) bond motifs is 1. The van der Waals surface area contributed by atoms with Crippen molar-refractivity contribution in [3.8, 4) is 0 Å². The van der Waals surface area contributed by atoms with Crippen LogP contribution >= 0.6 is 0 Å². The number of carbonyl (C=O) groups is 2. The molecular formula is C16H18O4. The van der Waals surface area contributed by atoms with Crippen LogP contribution in [0.4, 0.5) is 0 Å². The number of esters is 2. The molecule has 4 nitrogen and oxygen atoms in total. The first-order valence-electron chi connectivity index (χ1n) is 6.90. The van der Waals surface area contributed by atoms with Crippen molar-refractivity contribution in [2.45, 2.75) is 33.0 Å². The number of carbonyl (C=O) groups excluding carboxylic acids is 2. The molecule has 2 aliphatic rings. The maximum absolute atomic E-state index is 11.8. The number of cyclic esters (lactones) is 1. The summed E-state index contributed by atoms with van der Waals surface area (Å²) in [6, 6.07) is 9.53. The average molecular weight is 274 g/mol. The molecule has 1 aromatic rings. The summed E-state index contributed by atoms with van der Waals surface area (Å²) in [5.41, 5.74) is 0.925. The Morgan fingerprint density at radius 2 is 2.00 bits per heavy atom. The number of hydrogen-bond acceptors (Lipinski definition) is 4. The summed E-state index contributed by atoms with van der Waals surface area (Å²) < 4.78 is 10.5. The van der Waals surface area contributed by atoms with Gasteiger partial charge in [0.2, 0.25) is 0 Å². The van der Waals surface area contributed by atoms with Crippen molar-refractivity contribution >= 4 is 11.9 Å². The maximum atomic E-state index is 11.8. The minimum Gasteiger partial charge on any atom is -0.461 e. The zero-order valence-electron chi connectivity index (χ0n) is 11.7. The van der Waals surface area contributed by atoms with E-state index in [0.717, 1.165) is 5.56 Å². The Morgan fingerprint density at radius 1 is 1.30 bits per heavy atom. The molecule has 0 aromatic heterocycles. The van der Waals surface area contributed by atoms with Gasteiger partial charge in [-0.25, -0.2) is 0 Å². The molecule has 106 valence electrons. The Labute approximate surface area is 118 Å². The fourth-order valence-corrected chi connectivity index (χ4v) is 3.25. The van der Waals surface area contributed by atoms with Crippen molar-refractivity contribution in [3.63, 3.8) is 0 Å². The Kier molecular flexibility index (Phi) is 3.04. The molecule has 1 aliphatic carbocycles. The summed E-state index contributed by atoms with van der Waals surface area (Å²) in [5, 5.41) is 0. The zero-order valence-corrected chi connectivity index (χ0v) is 11.7. The van der Waals surface area contributed by atoms with Gasteiger partial charge in [0.25, 0.3) is 0 Å². The van der Waals surface area contributed by atoms with Gasteiger partial charge in [-0.15, -0.1) is 0 Å². The molecule has 3 rings (SSSR count). The third-order valence-corrected chi connectivity index (χ3v) is 4.44. The molecule has 20 heavy (non-hydrogen) atoms. The molecule has 3 atom stereocenters. The van der Waals surface area contributed by atoms with Crippen molar-refractivity contribution in [2.24, 2.45) is 17.3 Å². The van der Waals surface area contributed by atoms with E-state index in [9.17, 15) is 9.59 Å². The van der Waals surface area contributed by atoms with Crippen LogP contribution < -0.4 is 0 Å². The third kappa shape index (κ3) is 2.19. The number of ether oxygens (including phenoxy) is 2. The van der Waals surface area contributed by atoms with E-state index >= 15 is 0 Å². The van der Waals surface area contributed by atoms with Crippen LogP contribution in [0.1, 0.15) is 25.8 Å². The van der Waals surface area contributed by atoms with Crippen LogP contribution in [0.15, 0.2) is 30.3 Å². The average Bonchev–Trinajstić information content (AvgIpc) is 2.81. The number of hydrogen-bond donors (Lipinski definition) is 0. The standard InChI is InChI=1S/C16H18O4/c1-16(2)13-11(20-15(18)14(13)16)8-12(17)19-9-10-6-4-3-5-7-10/h3-7,11,13-14H,8-9H2,1-2H3. The molecule has 1 saturated heterocycles. The summed E-state index contributed by atoms with van der Waals surface area (Å²) in [7, 11) is 0. The highest BCUT2D eigenvalue weighted by atomic mass is 16.6. The second-order valence-corrected chi connectivity index (χ2v) is 6.15. The maximum Gasteiger partial charge on any atom is 0.310 e. The first-order chi connectivity index (χ1) is 9.50. The van der Waals surface area contributed by atoms with E-state index in [1.54, 1.807) is 0 Å². The molecule has 1 aromatic carbocycles. The predicted octanol–water partition coefficient (Wildman–Crippen LogP) is 2.32. The van der Waals surface area contributed by atoms with E-state index in [-0.39, 0.29) is 48.3 Å². The van der Waals surface area contributed by atoms with E-state index in [1.165, 1.54) is 0 Å². The second kappa shape index (κ2) is 4.62. The van der Waals surface area contributed by atoms with Crippen LogP contribution in [0, 0.1) is 17.3 Å². The van der Waals surface area contributed by atoms with Gasteiger partial charge in [-0.1, -0.05) is 44.2 Å². The molecule has 0 spiro atoms. The topological polar surface area (TPSA) is 52.6 Å². The van der Waals surface area contributed by atoms with E-state index in [2.05, 4.69) is 0 Å². The molecule has 4 heteroatoms. The van der Waals surface area contributed by atoms with Gasteiger partial charge >= 0.3 is 11.9 Å². The lowest BCUT2D eigenvalue weighted by Gasteiger charge is -2.17. The summed E-state index contributed by atoms with van der Waals surface area (Å²) in [6.45, 7) is 4.36. The molecule has 3 unspecified atom stereocenters. The molecule has 2 fully saturated rings. The fraction of sp³-hybridized carbons (Fsp3) is 0.500. The lowest BCUT2D eigenvalue weighted by molar-refractivity contribution is -0.154. The highest BCUT2D eigenvalue weighted by Gasteiger charge is 2.71. The Balaban J connectivity index is 1.52. The molecule has 0 N–H and O–H groups in total. The van der Waals surface area contributed by atoms with Crippen LogP contribution in [0.25, 0.3) is 0 Å². The van der Waals surface area contributed by atoms with E-state index < -0.39 is 0 Å². The summed E-state index contributed by atoms with van der Waals surface area (Å²) in [6.07, 6.45) is -0.158. The summed E-state index contributed by atoms with van der Waals surface area (Å²) in [5.74, 6) is -0.343. The molecule has 0 amide bonds. The second-order valence-electron chi connectivity index (χ2n) is 6.15. The molecule has 0 radical (unpaired) electrons. The Morgan fingerprint density at radius 3 is 2.60 bits per heavy atom. The highest BCUT2D eigenvalue weighted by molar-refractivity contribution is 5.82. The lowest BCUT2D eigenvalue weighted by Crippen LogP contribution is -2.23. The van der Waals surface area contributed by atoms with Crippen LogP contribution in [0.3, 0.4) is 0 Å². The van der Waals surface area contributed by atoms with Crippen molar-refractivity contribution < 1.29 is 19.1 Å². The SMILES string of the molecule is CC1(C)C2C(=O)OC(CC(=O)OCc3ccccc3)C21. The molecule has 1 saturated carbocycles. The minimum absolute atomic E-state index is 0.0281. The molecular weight excluding hydrogens is 256 g/mol. The minimum atomic E-state index is -0.314. The first-order valence-corrected chi connectivity index (χ1v) is 6.90. The molecule has 1 heterocycles. The van der Waals surface area contributed by atoms with Crippen LogP contribution in [0.2, 0.25) is 0 Å². The van der Waals surface area contributed by atoms with Crippen molar-refractivity contribution in [1.29, 1.82) is 0 Å². The van der Waals surface area contributed by atoms with Crippen LogP contribution in [-0.4, -0.2) is 18.0 Å². The van der Waals surface area contributed by atoms with Gasteiger partial charge in [0.1, 0.15) is 12.7 Å². The lowest BCUT2D eigenvalue weighted by atomic mass is 10.0. The smallest absolute Gasteiger partial charge is 0.310 e. The largest absolute Gasteiger partial charge is 0.461 e. The number of rotatable bonds is 4. The van der Waals surface area contributed by atoms with Crippen LogP contribution in [-0.2, 0) is 25.7 Å². The van der Waals surface area contributed by atoms with E-state index in [1.807, 2.05) is 44.2 Å². The van der Waals surface area contributed by atoms with E-state index in [4.69, 9.17) is 9.47 Å². The predicted molar refractivity (Wildman–Crippen MR) is 71.5 cm³/mol. The molecule has 1 aliphatic heterocycles. The van der Waals surface area contributed by atoms with Crippen LogP contribution in [0.5, 0.6) is 0 Å². The summed E-state index contributed by atoms with van der Waals surface area (Å²) in [4.78, 5) is 23.5. The van der Waals surface area contributed by atoms with Gasteiger partial charge in [-0.05, 0) is 11.0 Å². The van der Waals surface area contributed by atoms with E-state index in [0.29, 0.717) is 0 Å². The quantitative estimate of drug-likeness (QED) is 0.791. The Hall–Kier alpha value is -1.84. The van der Waals surface area contributed by atoms with Gasteiger partial charge in [-0.3, -0.25) is 9.59 Å². The van der Waals surface area contributed by atoms with Crippen molar-refractivity contribution in [1.82, 2.24) is 0 Å². The van der Waals surface area contributed by atoms with Crippen molar-refractivity contribution in [3.05, 3.63) is 35.9 Å². The van der Waals surface area contributed by atoms with Gasteiger partial charge in [-0.2, -0.15) is 0 Å². The first kappa shape index (κ1) is 13.2. The number of benzene rings is 1. The van der Waals surface area contributed by atoms with Gasteiger partial charge in [0, 0.05) is 5.92 Å². The van der Waals surface area contributed by atoms with Gasteiger partial charge in [0.05, 0.1) is 12.3 Å². The van der Waals surface area contributed by atoms with Crippen molar-refractivity contribution in [2.75, 3.05) is 0 Å². The van der Waals surface area contributed by atoms with Gasteiger partial charge in [0.15, 0.2) is 0 Å².